The van der Waals surface area contributed by atoms with Gasteiger partial charge in [0.15, 0.2) is 11.6 Å². The molecule has 18 heavy (non-hydrogen) atoms. The molecule has 4 heteroatoms. The van der Waals surface area contributed by atoms with E-state index in [0.29, 0.717) is 30.7 Å². The van der Waals surface area contributed by atoms with E-state index in [1.807, 2.05) is 42.5 Å². The van der Waals surface area contributed by atoms with Crippen molar-refractivity contribution >= 4 is 12.2 Å². The third-order valence-corrected chi connectivity index (χ3v) is 2.55. The van der Waals surface area contributed by atoms with Crippen LogP contribution in [0.3, 0.4) is 0 Å². The van der Waals surface area contributed by atoms with Gasteiger partial charge >= 0.3 is 0 Å². The van der Waals surface area contributed by atoms with Crippen LogP contribution >= 0.6 is 0 Å². The standard InChI is InChI=1S/C14H12N2O2/c1-2-4-11(5-3-1)6-7-13-15-10-12-14(16-13)18-9-8-17-12/h1-7,10H,8-9H2. The highest BCUT2D eigenvalue weighted by molar-refractivity contribution is 5.66. The maximum Gasteiger partial charge on any atom is 0.260 e. The number of hydrogen-bond donors (Lipinski definition) is 0. The number of fused-ring (bicyclic) bond motifs is 1. The summed E-state index contributed by atoms with van der Waals surface area (Å²) >= 11 is 0. The molecule has 4 nitrogen and oxygen atoms in total. The van der Waals surface area contributed by atoms with E-state index in [1.165, 1.54) is 0 Å². The van der Waals surface area contributed by atoms with Crippen molar-refractivity contribution in [1.82, 2.24) is 9.97 Å². The van der Waals surface area contributed by atoms with Crippen LogP contribution in [0.2, 0.25) is 0 Å². The van der Waals surface area contributed by atoms with E-state index in [4.69, 9.17) is 9.47 Å². The van der Waals surface area contributed by atoms with Gasteiger partial charge in [0.05, 0.1) is 6.20 Å². The number of hydrogen-bond acceptors (Lipinski definition) is 4. The minimum Gasteiger partial charge on any atom is -0.483 e. The van der Waals surface area contributed by atoms with Gasteiger partial charge in [-0.3, -0.25) is 0 Å². The van der Waals surface area contributed by atoms with E-state index in [1.54, 1.807) is 6.20 Å². The van der Waals surface area contributed by atoms with Gasteiger partial charge in [-0.25, -0.2) is 4.98 Å². The van der Waals surface area contributed by atoms with Crippen LogP contribution in [-0.2, 0) is 0 Å². The summed E-state index contributed by atoms with van der Waals surface area (Å²) in [7, 11) is 0. The van der Waals surface area contributed by atoms with Crippen molar-refractivity contribution < 1.29 is 9.47 Å². The first kappa shape index (κ1) is 10.8. The van der Waals surface area contributed by atoms with Gasteiger partial charge in [0, 0.05) is 0 Å². The summed E-state index contributed by atoms with van der Waals surface area (Å²) in [6.45, 7) is 1.08. The normalized spacial score (nSPS) is 13.8. The highest BCUT2D eigenvalue weighted by Crippen LogP contribution is 2.26. The number of aromatic nitrogens is 2. The second-order valence-corrected chi connectivity index (χ2v) is 3.84. The molecule has 0 N–H and O–H groups in total. The molecule has 0 aliphatic carbocycles. The van der Waals surface area contributed by atoms with Crippen molar-refractivity contribution in [2.24, 2.45) is 0 Å². The Balaban J connectivity index is 1.83. The molecule has 3 rings (SSSR count). The van der Waals surface area contributed by atoms with Crippen molar-refractivity contribution in [3.05, 3.63) is 47.9 Å². The van der Waals surface area contributed by atoms with Crippen molar-refractivity contribution in [2.75, 3.05) is 13.2 Å². The van der Waals surface area contributed by atoms with Crippen molar-refractivity contribution in [2.45, 2.75) is 0 Å². The fourth-order valence-corrected chi connectivity index (χ4v) is 1.68. The fourth-order valence-electron chi connectivity index (χ4n) is 1.68. The summed E-state index contributed by atoms with van der Waals surface area (Å²) in [4.78, 5) is 8.49. The van der Waals surface area contributed by atoms with Crippen LogP contribution in [-0.4, -0.2) is 23.2 Å². The first-order valence-corrected chi connectivity index (χ1v) is 5.77. The molecule has 0 saturated heterocycles. The number of nitrogens with zero attached hydrogens (tertiary/aromatic N) is 2. The highest BCUT2D eigenvalue weighted by atomic mass is 16.6. The molecule has 0 unspecified atom stereocenters. The summed E-state index contributed by atoms with van der Waals surface area (Å²) in [5.74, 6) is 1.74. The molecule has 0 radical (unpaired) electrons. The third kappa shape index (κ3) is 2.32. The Bertz CT molecular complexity index is 567. The van der Waals surface area contributed by atoms with Gasteiger partial charge in [0.1, 0.15) is 13.2 Å². The Morgan fingerprint density at radius 3 is 2.72 bits per heavy atom. The lowest BCUT2D eigenvalue weighted by molar-refractivity contribution is 0.163. The Morgan fingerprint density at radius 2 is 1.83 bits per heavy atom. The number of rotatable bonds is 2. The molecule has 0 amide bonds. The van der Waals surface area contributed by atoms with E-state index in [0.717, 1.165) is 5.56 Å². The van der Waals surface area contributed by atoms with E-state index >= 15 is 0 Å². The molecule has 0 bridgehead atoms. The Kier molecular flexibility index (Phi) is 2.92. The van der Waals surface area contributed by atoms with Crippen LogP contribution in [0.4, 0.5) is 0 Å². The molecule has 90 valence electrons. The van der Waals surface area contributed by atoms with Crippen molar-refractivity contribution in [1.29, 1.82) is 0 Å². The van der Waals surface area contributed by atoms with Crippen LogP contribution in [0.15, 0.2) is 36.5 Å². The van der Waals surface area contributed by atoms with Crippen LogP contribution in [0.25, 0.3) is 12.2 Å². The lowest BCUT2D eigenvalue weighted by atomic mass is 10.2. The molecule has 2 heterocycles. The van der Waals surface area contributed by atoms with Crippen molar-refractivity contribution in [3.63, 3.8) is 0 Å². The maximum absolute atomic E-state index is 5.41. The van der Waals surface area contributed by atoms with E-state index in [2.05, 4.69) is 9.97 Å². The second-order valence-electron chi connectivity index (χ2n) is 3.84. The Morgan fingerprint density at radius 1 is 1.00 bits per heavy atom. The van der Waals surface area contributed by atoms with Gasteiger partial charge in [-0.05, 0) is 11.6 Å². The third-order valence-electron chi connectivity index (χ3n) is 2.55. The lowest BCUT2D eigenvalue weighted by Crippen LogP contribution is -2.16. The first-order chi connectivity index (χ1) is 8.92. The molecule has 1 aliphatic heterocycles. The molecule has 0 atom stereocenters. The van der Waals surface area contributed by atoms with Crippen LogP contribution < -0.4 is 9.47 Å². The van der Waals surface area contributed by atoms with Crippen LogP contribution in [0, 0.1) is 0 Å². The summed E-state index contributed by atoms with van der Waals surface area (Å²) in [5.41, 5.74) is 1.11. The Hall–Kier alpha value is -2.36. The molecule has 0 saturated carbocycles. The van der Waals surface area contributed by atoms with Gasteiger partial charge in [0.2, 0.25) is 0 Å². The number of ether oxygens (including phenoxy) is 2. The van der Waals surface area contributed by atoms with E-state index in [9.17, 15) is 0 Å². The monoisotopic (exact) mass is 240 g/mol. The lowest BCUT2D eigenvalue weighted by Gasteiger charge is -2.16. The predicted octanol–water partition coefficient (Wildman–Crippen LogP) is 2.42. The summed E-state index contributed by atoms with van der Waals surface area (Å²) in [5, 5.41) is 0. The molecular formula is C14H12N2O2. The zero-order valence-electron chi connectivity index (χ0n) is 9.74. The van der Waals surface area contributed by atoms with Gasteiger partial charge in [0.25, 0.3) is 5.88 Å². The predicted molar refractivity (Wildman–Crippen MR) is 68.4 cm³/mol. The highest BCUT2D eigenvalue weighted by Gasteiger charge is 2.13. The average molecular weight is 240 g/mol. The molecule has 1 aromatic carbocycles. The average Bonchev–Trinajstić information content (AvgIpc) is 2.46. The maximum atomic E-state index is 5.41. The minimum atomic E-state index is 0.518. The molecule has 1 aromatic heterocycles. The quantitative estimate of drug-likeness (QED) is 0.808. The zero-order chi connectivity index (χ0) is 12.2. The first-order valence-electron chi connectivity index (χ1n) is 5.77. The largest absolute Gasteiger partial charge is 0.483 e. The molecule has 2 aromatic rings. The zero-order valence-corrected chi connectivity index (χ0v) is 9.74. The molecule has 0 fully saturated rings. The van der Waals surface area contributed by atoms with Crippen LogP contribution in [0.1, 0.15) is 11.4 Å². The Labute approximate surface area is 105 Å². The topological polar surface area (TPSA) is 44.2 Å². The van der Waals surface area contributed by atoms with Gasteiger partial charge in [-0.1, -0.05) is 36.4 Å². The minimum absolute atomic E-state index is 0.518. The summed E-state index contributed by atoms with van der Waals surface area (Å²) in [6, 6.07) is 10.0. The smallest absolute Gasteiger partial charge is 0.260 e. The van der Waals surface area contributed by atoms with E-state index < -0.39 is 0 Å². The van der Waals surface area contributed by atoms with Gasteiger partial charge < -0.3 is 9.47 Å². The second kappa shape index (κ2) is 4.87. The van der Waals surface area contributed by atoms with Crippen LogP contribution in [0.5, 0.6) is 11.6 Å². The molecular weight excluding hydrogens is 228 g/mol. The SMILES string of the molecule is C(=Cc1ncc2c(n1)OCCO2)c1ccccc1. The molecule has 1 aliphatic rings. The summed E-state index contributed by atoms with van der Waals surface area (Å²) < 4.78 is 10.8. The molecule has 0 spiro atoms. The van der Waals surface area contributed by atoms with Gasteiger partial charge in [-0.15, -0.1) is 0 Å². The van der Waals surface area contributed by atoms with Gasteiger partial charge in [-0.2, -0.15) is 4.98 Å². The van der Waals surface area contributed by atoms with E-state index in [-0.39, 0.29) is 0 Å². The van der Waals surface area contributed by atoms with Crippen molar-refractivity contribution in [3.8, 4) is 11.6 Å². The fraction of sp³-hybridized carbons (Fsp3) is 0.143. The summed E-state index contributed by atoms with van der Waals surface area (Å²) in [6.07, 6.45) is 5.46. The number of benzene rings is 1.